The molecule has 2 aromatic carbocycles. The van der Waals surface area contributed by atoms with E-state index in [2.05, 4.69) is 18.8 Å². The monoisotopic (exact) mass is 393 g/mol. The van der Waals surface area contributed by atoms with E-state index in [4.69, 9.17) is 9.47 Å². The fourth-order valence-corrected chi connectivity index (χ4v) is 2.49. The highest BCUT2D eigenvalue weighted by atomic mass is 16.5. The summed E-state index contributed by atoms with van der Waals surface area (Å²) < 4.78 is 10.9. The van der Waals surface area contributed by atoms with Crippen LogP contribution in [0.25, 0.3) is 6.08 Å². The molecule has 4 heteroatoms. The molecule has 29 heavy (non-hydrogen) atoms. The van der Waals surface area contributed by atoms with Gasteiger partial charge in [-0.05, 0) is 79.3 Å². The molecule has 0 aliphatic heterocycles. The number of benzene rings is 2. The SMILES string of the molecule is CCCOC(=O)/C(C)=C/c1ccc(N=Cc2ccc(OCCC(C)C)cc2)cc1. The first-order chi connectivity index (χ1) is 14.0. The van der Waals surface area contributed by atoms with Crippen molar-refractivity contribution < 1.29 is 14.3 Å². The van der Waals surface area contributed by atoms with Crippen LogP contribution in [0.15, 0.2) is 59.1 Å². The maximum absolute atomic E-state index is 11.8. The van der Waals surface area contributed by atoms with Gasteiger partial charge in [0.2, 0.25) is 0 Å². The fourth-order valence-electron chi connectivity index (χ4n) is 2.49. The van der Waals surface area contributed by atoms with Gasteiger partial charge in [0.25, 0.3) is 0 Å². The van der Waals surface area contributed by atoms with Crippen LogP contribution >= 0.6 is 0 Å². The van der Waals surface area contributed by atoms with Gasteiger partial charge in [-0.1, -0.05) is 32.9 Å². The Balaban J connectivity index is 1.92. The summed E-state index contributed by atoms with van der Waals surface area (Å²) in [5, 5.41) is 0. The summed E-state index contributed by atoms with van der Waals surface area (Å²) in [6.45, 7) is 9.30. The van der Waals surface area contributed by atoms with Crippen LogP contribution in [0.4, 0.5) is 5.69 Å². The van der Waals surface area contributed by atoms with Crippen molar-refractivity contribution in [2.75, 3.05) is 13.2 Å². The normalized spacial score (nSPS) is 11.8. The molecule has 0 amide bonds. The van der Waals surface area contributed by atoms with Crippen molar-refractivity contribution in [1.82, 2.24) is 0 Å². The van der Waals surface area contributed by atoms with Crippen LogP contribution in [0.2, 0.25) is 0 Å². The van der Waals surface area contributed by atoms with Gasteiger partial charge in [0, 0.05) is 11.8 Å². The number of hydrogen-bond acceptors (Lipinski definition) is 4. The lowest BCUT2D eigenvalue weighted by Gasteiger charge is -2.07. The maximum Gasteiger partial charge on any atom is 0.333 e. The fraction of sp³-hybridized carbons (Fsp3) is 0.360. The van der Waals surface area contributed by atoms with E-state index < -0.39 is 0 Å². The van der Waals surface area contributed by atoms with Crippen LogP contribution in [0, 0.1) is 5.92 Å². The predicted molar refractivity (Wildman–Crippen MR) is 120 cm³/mol. The molecule has 154 valence electrons. The zero-order valence-electron chi connectivity index (χ0n) is 17.9. The molecular formula is C25H31NO3. The quantitative estimate of drug-likeness (QED) is 0.273. The second-order valence-corrected chi connectivity index (χ2v) is 7.41. The van der Waals surface area contributed by atoms with Crippen LogP contribution in [0.1, 0.15) is 51.7 Å². The second kappa shape index (κ2) is 11.8. The minimum absolute atomic E-state index is 0.273. The minimum Gasteiger partial charge on any atom is -0.494 e. The van der Waals surface area contributed by atoms with Crippen molar-refractivity contribution in [3.63, 3.8) is 0 Å². The van der Waals surface area contributed by atoms with Crippen molar-refractivity contribution in [3.05, 3.63) is 65.2 Å². The Kier molecular flexibility index (Phi) is 9.16. The molecular weight excluding hydrogens is 362 g/mol. The minimum atomic E-state index is -0.273. The number of nitrogens with zero attached hydrogens (tertiary/aromatic N) is 1. The number of aliphatic imine (C=N–C) groups is 1. The molecule has 2 rings (SSSR count). The number of ether oxygens (including phenoxy) is 2. The highest BCUT2D eigenvalue weighted by Crippen LogP contribution is 2.17. The van der Waals surface area contributed by atoms with Gasteiger partial charge in [-0.15, -0.1) is 0 Å². The Morgan fingerprint density at radius 1 is 1.00 bits per heavy atom. The van der Waals surface area contributed by atoms with Gasteiger partial charge in [-0.3, -0.25) is 4.99 Å². The Morgan fingerprint density at radius 3 is 2.28 bits per heavy atom. The summed E-state index contributed by atoms with van der Waals surface area (Å²) >= 11 is 0. The van der Waals surface area contributed by atoms with Crippen molar-refractivity contribution in [1.29, 1.82) is 0 Å². The highest BCUT2D eigenvalue weighted by molar-refractivity contribution is 5.93. The van der Waals surface area contributed by atoms with E-state index in [1.165, 1.54) is 0 Å². The molecule has 0 N–H and O–H groups in total. The Bertz CT molecular complexity index is 818. The Labute approximate surface area is 174 Å². The molecule has 0 unspecified atom stereocenters. The van der Waals surface area contributed by atoms with Crippen LogP contribution in [0.3, 0.4) is 0 Å². The van der Waals surface area contributed by atoms with Gasteiger partial charge in [0.15, 0.2) is 0 Å². The lowest BCUT2D eigenvalue weighted by molar-refractivity contribution is -0.138. The standard InChI is InChI=1S/C25H31NO3/c1-5-15-29-25(27)20(4)17-21-6-10-23(11-7-21)26-18-22-8-12-24(13-9-22)28-16-14-19(2)3/h6-13,17-19H,5,14-16H2,1-4H3/b20-17+,26-18?. The summed E-state index contributed by atoms with van der Waals surface area (Å²) in [5.74, 6) is 1.25. The predicted octanol–water partition coefficient (Wildman–Crippen LogP) is 6.22. The molecule has 0 saturated carbocycles. The molecule has 0 aliphatic rings. The van der Waals surface area contributed by atoms with Crippen LogP contribution in [0.5, 0.6) is 5.75 Å². The van der Waals surface area contributed by atoms with E-state index >= 15 is 0 Å². The van der Waals surface area contributed by atoms with Gasteiger partial charge < -0.3 is 9.47 Å². The molecule has 0 aromatic heterocycles. The third-order valence-corrected chi connectivity index (χ3v) is 4.24. The molecule has 0 heterocycles. The highest BCUT2D eigenvalue weighted by Gasteiger charge is 2.05. The third kappa shape index (κ3) is 8.34. The summed E-state index contributed by atoms with van der Waals surface area (Å²) in [5.41, 5.74) is 3.40. The third-order valence-electron chi connectivity index (χ3n) is 4.24. The van der Waals surface area contributed by atoms with Crippen LogP contribution in [-0.4, -0.2) is 25.4 Å². The van der Waals surface area contributed by atoms with Crippen molar-refractivity contribution in [3.8, 4) is 5.75 Å². The number of carbonyl (C=O) groups is 1. The first-order valence-corrected chi connectivity index (χ1v) is 10.2. The number of esters is 1. The molecule has 4 nitrogen and oxygen atoms in total. The van der Waals surface area contributed by atoms with Gasteiger partial charge in [-0.2, -0.15) is 0 Å². The molecule has 0 aliphatic carbocycles. The molecule has 0 atom stereocenters. The lowest BCUT2D eigenvalue weighted by atomic mass is 10.1. The van der Waals surface area contributed by atoms with Crippen molar-refractivity contribution >= 4 is 23.9 Å². The summed E-state index contributed by atoms with van der Waals surface area (Å²) in [4.78, 5) is 16.3. The van der Waals surface area contributed by atoms with E-state index in [9.17, 15) is 4.79 Å². The summed E-state index contributed by atoms with van der Waals surface area (Å²) in [6, 6.07) is 15.7. The van der Waals surface area contributed by atoms with E-state index in [-0.39, 0.29) is 5.97 Å². The molecule has 0 spiro atoms. The van der Waals surface area contributed by atoms with E-state index in [0.717, 1.165) is 42.0 Å². The van der Waals surface area contributed by atoms with Gasteiger partial charge >= 0.3 is 5.97 Å². The van der Waals surface area contributed by atoms with Gasteiger partial charge in [0.1, 0.15) is 5.75 Å². The zero-order valence-corrected chi connectivity index (χ0v) is 17.9. The van der Waals surface area contributed by atoms with Crippen LogP contribution < -0.4 is 4.74 Å². The Morgan fingerprint density at radius 2 is 1.66 bits per heavy atom. The largest absolute Gasteiger partial charge is 0.494 e. The maximum atomic E-state index is 11.8. The first-order valence-electron chi connectivity index (χ1n) is 10.2. The average Bonchev–Trinajstić information content (AvgIpc) is 2.72. The molecule has 0 fully saturated rings. The average molecular weight is 394 g/mol. The van der Waals surface area contributed by atoms with Gasteiger partial charge in [-0.25, -0.2) is 4.79 Å². The first kappa shape index (κ1) is 22.4. The summed E-state index contributed by atoms with van der Waals surface area (Å²) in [7, 11) is 0. The van der Waals surface area contributed by atoms with Crippen LogP contribution in [-0.2, 0) is 9.53 Å². The van der Waals surface area contributed by atoms with E-state index in [1.54, 1.807) is 6.92 Å². The lowest BCUT2D eigenvalue weighted by Crippen LogP contribution is -2.06. The van der Waals surface area contributed by atoms with Gasteiger partial charge in [0.05, 0.1) is 18.9 Å². The molecule has 0 radical (unpaired) electrons. The van der Waals surface area contributed by atoms with Crippen molar-refractivity contribution in [2.24, 2.45) is 10.9 Å². The molecule has 0 bridgehead atoms. The summed E-state index contributed by atoms with van der Waals surface area (Å²) in [6.07, 6.45) is 5.52. The topological polar surface area (TPSA) is 47.9 Å². The molecule has 0 saturated heterocycles. The Hall–Kier alpha value is -2.88. The van der Waals surface area contributed by atoms with E-state index in [1.807, 2.05) is 67.7 Å². The van der Waals surface area contributed by atoms with E-state index in [0.29, 0.717) is 18.1 Å². The van der Waals surface area contributed by atoms with Crippen molar-refractivity contribution in [2.45, 2.75) is 40.5 Å². The number of hydrogen-bond donors (Lipinski definition) is 0. The zero-order chi connectivity index (χ0) is 21.1. The number of rotatable bonds is 10. The second-order valence-electron chi connectivity index (χ2n) is 7.41. The smallest absolute Gasteiger partial charge is 0.333 e. The molecule has 2 aromatic rings. The number of carbonyl (C=O) groups excluding carboxylic acids is 1.